The lowest BCUT2D eigenvalue weighted by Gasteiger charge is -2.13. The number of hydrogen-bond donors (Lipinski definition) is 0. The number of hydrogen-bond acceptors (Lipinski definition) is 2. The first-order valence-electron chi connectivity index (χ1n) is 2.34. The highest BCUT2D eigenvalue weighted by Gasteiger charge is 2.23. The van der Waals surface area contributed by atoms with Crippen molar-refractivity contribution in [2.75, 3.05) is 13.2 Å². The van der Waals surface area contributed by atoms with Gasteiger partial charge in [-0.3, -0.25) is 0 Å². The highest BCUT2D eigenvalue weighted by Crippen LogP contribution is 2.15. The molecule has 1 radical (unpaired) electrons. The smallest absolute Gasteiger partial charge is 0.165 e. The van der Waals surface area contributed by atoms with E-state index in [1.807, 2.05) is 0 Å². The summed E-state index contributed by atoms with van der Waals surface area (Å²) in [5, 5.41) is 0. The summed E-state index contributed by atoms with van der Waals surface area (Å²) in [5.41, 5.74) is 0. The Morgan fingerprint density at radius 3 is 2.00 bits per heavy atom. The summed E-state index contributed by atoms with van der Waals surface area (Å²) < 4.78 is 10.0. The molecule has 0 aromatic heterocycles. The topological polar surface area (TPSA) is 18.5 Å². The van der Waals surface area contributed by atoms with Gasteiger partial charge in [-0.1, -0.05) is 0 Å². The fraction of sp³-hybridized carbons (Fsp3) is 0.800. The van der Waals surface area contributed by atoms with Crippen LogP contribution in [0.4, 0.5) is 0 Å². The van der Waals surface area contributed by atoms with Gasteiger partial charge >= 0.3 is 0 Å². The summed E-state index contributed by atoms with van der Waals surface area (Å²) in [4.78, 5) is 0. The lowest BCUT2D eigenvalue weighted by atomic mass is 10.4. The molecule has 1 heterocycles. The van der Waals surface area contributed by atoms with Crippen molar-refractivity contribution in [2.45, 2.75) is 12.7 Å². The van der Waals surface area contributed by atoms with Gasteiger partial charge in [0.2, 0.25) is 0 Å². The van der Waals surface area contributed by atoms with Crippen molar-refractivity contribution in [3.63, 3.8) is 0 Å². The van der Waals surface area contributed by atoms with E-state index in [1.165, 1.54) is 0 Å². The van der Waals surface area contributed by atoms with Crippen molar-refractivity contribution in [1.82, 2.24) is 0 Å². The van der Waals surface area contributed by atoms with Gasteiger partial charge in [-0.25, -0.2) is 0 Å². The van der Waals surface area contributed by atoms with Crippen LogP contribution in [0.1, 0.15) is 6.92 Å². The SMILES string of the molecule is [CH2]C1(C)OCCO1. The lowest BCUT2D eigenvalue weighted by molar-refractivity contribution is -0.102. The Balaban J connectivity index is 2.40. The Bertz CT molecular complexity index is 60.5. The minimum atomic E-state index is -0.556. The standard InChI is InChI=1S/C5H9O2/c1-5(2)6-3-4-7-5/h1,3-4H2,2H3. The summed E-state index contributed by atoms with van der Waals surface area (Å²) in [6, 6.07) is 0. The van der Waals surface area contributed by atoms with Crippen LogP contribution in [0, 0.1) is 6.92 Å². The van der Waals surface area contributed by atoms with Crippen LogP contribution in [0.3, 0.4) is 0 Å². The van der Waals surface area contributed by atoms with Crippen LogP contribution >= 0.6 is 0 Å². The predicted octanol–water partition coefficient (Wildman–Crippen LogP) is 0.583. The van der Waals surface area contributed by atoms with Gasteiger partial charge in [0.25, 0.3) is 0 Å². The van der Waals surface area contributed by atoms with Crippen LogP contribution in [0.5, 0.6) is 0 Å². The van der Waals surface area contributed by atoms with Crippen molar-refractivity contribution in [3.8, 4) is 0 Å². The van der Waals surface area contributed by atoms with Crippen LogP contribution in [-0.4, -0.2) is 19.0 Å². The zero-order valence-corrected chi connectivity index (χ0v) is 4.44. The van der Waals surface area contributed by atoms with E-state index in [4.69, 9.17) is 9.47 Å². The molecule has 0 spiro atoms. The molecule has 1 aliphatic heterocycles. The van der Waals surface area contributed by atoms with Gasteiger partial charge in [-0.05, 0) is 6.92 Å². The van der Waals surface area contributed by atoms with E-state index in [0.717, 1.165) is 0 Å². The summed E-state index contributed by atoms with van der Waals surface area (Å²) in [7, 11) is 0. The van der Waals surface area contributed by atoms with Crippen LogP contribution in [0.25, 0.3) is 0 Å². The van der Waals surface area contributed by atoms with E-state index in [0.29, 0.717) is 13.2 Å². The Kier molecular flexibility index (Phi) is 1.05. The zero-order chi connectivity index (χ0) is 5.33. The second-order valence-corrected chi connectivity index (χ2v) is 1.83. The number of ether oxygens (including phenoxy) is 2. The third-order valence-electron chi connectivity index (χ3n) is 0.898. The third-order valence-corrected chi connectivity index (χ3v) is 0.898. The molecule has 0 amide bonds. The molecular formula is C5H9O2. The van der Waals surface area contributed by atoms with Gasteiger partial charge in [0, 0.05) is 6.92 Å². The molecule has 2 nitrogen and oxygen atoms in total. The predicted molar refractivity (Wildman–Crippen MR) is 25.7 cm³/mol. The Labute approximate surface area is 43.4 Å². The maximum Gasteiger partial charge on any atom is 0.165 e. The molecule has 1 aliphatic rings. The molecule has 1 rings (SSSR count). The van der Waals surface area contributed by atoms with Gasteiger partial charge in [-0.2, -0.15) is 0 Å². The first-order chi connectivity index (χ1) is 3.21. The summed E-state index contributed by atoms with van der Waals surface area (Å²) in [6.07, 6.45) is 0. The Hall–Kier alpha value is -0.0800. The molecule has 0 N–H and O–H groups in total. The average Bonchev–Trinajstić information content (AvgIpc) is 1.84. The van der Waals surface area contributed by atoms with Crippen molar-refractivity contribution in [3.05, 3.63) is 6.92 Å². The maximum atomic E-state index is 5.01. The van der Waals surface area contributed by atoms with E-state index in [2.05, 4.69) is 6.92 Å². The van der Waals surface area contributed by atoms with Gasteiger partial charge in [-0.15, -0.1) is 0 Å². The minimum absolute atomic E-state index is 0.556. The molecule has 41 valence electrons. The zero-order valence-electron chi connectivity index (χ0n) is 4.44. The molecule has 2 heteroatoms. The van der Waals surface area contributed by atoms with E-state index in [1.54, 1.807) is 6.92 Å². The van der Waals surface area contributed by atoms with Crippen LogP contribution in [0.2, 0.25) is 0 Å². The van der Waals surface area contributed by atoms with Crippen molar-refractivity contribution in [2.24, 2.45) is 0 Å². The molecule has 0 aromatic carbocycles. The molecule has 0 saturated carbocycles. The maximum absolute atomic E-state index is 5.01. The largest absolute Gasteiger partial charge is 0.348 e. The molecule has 0 unspecified atom stereocenters. The quantitative estimate of drug-likeness (QED) is 0.444. The molecular weight excluding hydrogens is 92.1 g/mol. The van der Waals surface area contributed by atoms with Crippen LogP contribution < -0.4 is 0 Å². The van der Waals surface area contributed by atoms with E-state index < -0.39 is 5.79 Å². The normalized spacial score (nSPS) is 28.3. The third kappa shape index (κ3) is 1.14. The van der Waals surface area contributed by atoms with Crippen molar-refractivity contribution >= 4 is 0 Å². The average molecular weight is 101 g/mol. The second-order valence-electron chi connectivity index (χ2n) is 1.83. The highest BCUT2D eigenvalue weighted by molar-refractivity contribution is 4.68. The fourth-order valence-electron chi connectivity index (χ4n) is 0.557. The molecule has 0 aromatic rings. The van der Waals surface area contributed by atoms with Crippen LogP contribution in [0.15, 0.2) is 0 Å². The van der Waals surface area contributed by atoms with Gasteiger partial charge in [0.15, 0.2) is 5.79 Å². The summed E-state index contributed by atoms with van der Waals surface area (Å²) in [6.45, 7) is 6.79. The first-order valence-corrected chi connectivity index (χ1v) is 2.34. The summed E-state index contributed by atoms with van der Waals surface area (Å²) >= 11 is 0. The Morgan fingerprint density at radius 2 is 1.86 bits per heavy atom. The van der Waals surface area contributed by atoms with E-state index in [-0.39, 0.29) is 0 Å². The highest BCUT2D eigenvalue weighted by atomic mass is 16.7. The second kappa shape index (κ2) is 1.46. The van der Waals surface area contributed by atoms with Gasteiger partial charge in [0.05, 0.1) is 13.2 Å². The fourth-order valence-corrected chi connectivity index (χ4v) is 0.557. The van der Waals surface area contributed by atoms with Crippen LogP contribution in [-0.2, 0) is 9.47 Å². The van der Waals surface area contributed by atoms with E-state index >= 15 is 0 Å². The number of rotatable bonds is 0. The van der Waals surface area contributed by atoms with E-state index in [9.17, 15) is 0 Å². The molecule has 0 bridgehead atoms. The lowest BCUT2D eigenvalue weighted by Crippen LogP contribution is -2.19. The van der Waals surface area contributed by atoms with Gasteiger partial charge in [0.1, 0.15) is 0 Å². The molecule has 1 fully saturated rings. The molecule has 1 saturated heterocycles. The summed E-state index contributed by atoms with van der Waals surface area (Å²) in [5.74, 6) is -0.556. The van der Waals surface area contributed by atoms with Crippen molar-refractivity contribution < 1.29 is 9.47 Å². The Morgan fingerprint density at radius 1 is 1.43 bits per heavy atom. The first kappa shape index (κ1) is 5.06. The molecule has 7 heavy (non-hydrogen) atoms. The molecule has 0 atom stereocenters. The van der Waals surface area contributed by atoms with Gasteiger partial charge < -0.3 is 9.47 Å². The molecule has 0 aliphatic carbocycles. The monoisotopic (exact) mass is 101 g/mol. The minimum Gasteiger partial charge on any atom is -0.348 e. The van der Waals surface area contributed by atoms with Crippen molar-refractivity contribution in [1.29, 1.82) is 0 Å².